The summed E-state index contributed by atoms with van der Waals surface area (Å²) in [4.78, 5) is 26.8. The van der Waals surface area contributed by atoms with Crippen LogP contribution in [0.3, 0.4) is 0 Å². The van der Waals surface area contributed by atoms with Gasteiger partial charge in [0.1, 0.15) is 5.69 Å². The number of urea groups is 1. The first-order valence-corrected chi connectivity index (χ1v) is 12.0. The first-order valence-electron chi connectivity index (χ1n) is 10.1. The van der Waals surface area contributed by atoms with E-state index in [1.165, 1.54) is 31.4 Å². The van der Waals surface area contributed by atoms with Crippen LogP contribution < -0.4 is 15.0 Å². The number of hydrogen-bond acceptors (Lipinski definition) is 7. The summed E-state index contributed by atoms with van der Waals surface area (Å²) in [6.45, 7) is 3.01. The monoisotopic (exact) mass is 480 g/mol. The van der Waals surface area contributed by atoms with Gasteiger partial charge in [0.2, 0.25) is 0 Å². The Bertz CT molecular complexity index is 1170. The molecule has 1 unspecified atom stereocenters. The molecule has 1 aliphatic heterocycles. The molecule has 0 aliphatic carbocycles. The average molecular weight is 481 g/mol. The molecular weight excluding hydrogens is 455 g/mol. The third kappa shape index (κ3) is 5.51. The molecule has 10 nitrogen and oxygen atoms in total. The molecule has 2 amide bonds. The SMILES string of the molecule is COc1ccc(C(C)NC(=O)N2CCN(c3ccc(S(C)(=O)=O)cc3[N+](=O)[O-])CC2)cc1F. The fraction of sp³-hybridized carbons (Fsp3) is 0.381. The normalized spacial score (nSPS) is 15.2. The van der Waals surface area contributed by atoms with E-state index >= 15 is 0 Å². The van der Waals surface area contributed by atoms with Crippen LogP contribution in [0.25, 0.3) is 0 Å². The number of rotatable bonds is 6. The van der Waals surface area contributed by atoms with Crippen molar-refractivity contribution in [2.24, 2.45) is 0 Å². The molecule has 1 N–H and O–H groups in total. The smallest absolute Gasteiger partial charge is 0.317 e. The van der Waals surface area contributed by atoms with Crippen LogP contribution in [0.2, 0.25) is 0 Å². The third-order valence-electron chi connectivity index (χ3n) is 5.50. The molecule has 0 bridgehead atoms. The maximum absolute atomic E-state index is 14.0. The van der Waals surface area contributed by atoms with Gasteiger partial charge >= 0.3 is 6.03 Å². The lowest BCUT2D eigenvalue weighted by Gasteiger charge is -2.36. The molecular formula is C21H25FN4O6S. The molecule has 0 saturated carbocycles. The molecule has 3 rings (SSSR count). The standard InChI is InChI=1S/C21H25FN4O6S/c1-14(15-4-7-20(32-2)17(22)12-15)23-21(27)25-10-8-24(9-11-25)18-6-5-16(33(3,30)31)13-19(18)26(28)29/h4-7,12-14H,8-11H2,1-3H3,(H,23,27). The number of hydrogen-bond donors (Lipinski definition) is 1. The maximum atomic E-state index is 14.0. The van der Waals surface area contributed by atoms with Gasteiger partial charge in [-0.3, -0.25) is 10.1 Å². The van der Waals surface area contributed by atoms with Crippen LogP contribution in [0.4, 0.5) is 20.6 Å². The molecule has 12 heteroatoms. The zero-order chi connectivity index (χ0) is 24.3. The van der Waals surface area contributed by atoms with Crippen LogP contribution in [-0.2, 0) is 9.84 Å². The number of carbonyl (C=O) groups excluding carboxylic acids is 1. The van der Waals surface area contributed by atoms with Gasteiger partial charge < -0.3 is 19.9 Å². The fourth-order valence-corrected chi connectivity index (χ4v) is 4.25. The Kier molecular flexibility index (Phi) is 7.06. The average Bonchev–Trinajstić information content (AvgIpc) is 2.78. The molecule has 1 fully saturated rings. The summed E-state index contributed by atoms with van der Waals surface area (Å²) in [5.74, 6) is -0.403. The quantitative estimate of drug-likeness (QED) is 0.498. The summed E-state index contributed by atoms with van der Waals surface area (Å²) in [5.41, 5.74) is 0.586. The lowest BCUT2D eigenvalue weighted by Crippen LogP contribution is -2.52. The molecule has 2 aromatic rings. The zero-order valence-electron chi connectivity index (χ0n) is 18.4. The van der Waals surface area contributed by atoms with Crippen molar-refractivity contribution >= 4 is 27.2 Å². The number of nitrogens with one attached hydrogen (secondary N) is 1. The van der Waals surface area contributed by atoms with Crippen LogP contribution in [0.5, 0.6) is 5.75 Å². The van der Waals surface area contributed by atoms with Gasteiger partial charge in [0, 0.05) is 38.5 Å². The van der Waals surface area contributed by atoms with Gasteiger partial charge in [0.05, 0.1) is 23.0 Å². The second-order valence-electron chi connectivity index (χ2n) is 7.72. The van der Waals surface area contributed by atoms with Crippen molar-refractivity contribution in [3.8, 4) is 5.75 Å². The predicted molar refractivity (Wildman–Crippen MR) is 120 cm³/mol. The molecule has 1 aliphatic rings. The largest absolute Gasteiger partial charge is 0.494 e. The highest BCUT2D eigenvalue weighted by Crippen LogP contribution is 2.31. The Morgan fingerprint density at radius 1 is 1.18 bits per heavy atom. The maximum Gasteiger partial charge on any atom is 0.317 e. The van der Waals surface area contributed by atoms with Crippen LogP contribution in [0.1, 0.15) is 18.5 Å². The molecule has 33 heavy (non-hydrogen) atoms. The van der Waals surface area contributed by atoms with Crippen molar-refractivity contribution in [1.29, 1.82) is 0 Å². The highest BCUT2D eigenvalue weighted by atomic mass is 32.2. The molecule has 1 saturated heterocycles. The van der Waals surface area contributed by atoms with E-state index in [4.69, 9.17) is 4.74 Å². The van der Waals surface area contributed by atoms with Crippen molar-refractivity contribution in [3.63, 3.8) is 0 Å². The first-order chi connectivity index (χ1) is 15.5. The summed E-state index contributed by atoms with van der Waals surface area (Å²) >= 11 is 0. The summed E-state index contributed by atoms with van der Waals surface area (Å²) in [6.07, 6.45) is 0.991. The minimum Gasteiger partial charge on any atom is -0.494 e. The molecule has 0 radical (unpaired) electrons. The van der Waals surface area contributed by atoms with Crippen LogP contribution in [-0.4, -0.2) is 63.8 Å². The van der Waals surface area contributed by atoms with E-state index in [0.29, 0.717) is 37.4 Å². The number of halogens is 1. The summed E-state index contributed by atoms with van der Waals surface area (Å²) in [6, 6.07) is 7.51. The minimum absolute atomic E-state index is 0.118. The van der Waals surface area contributed by atoms with E-state index in [-0.39, 0.29) is 22.4 Å². The Morgan fingerprint density at radius 2 is 1.85 bits per heavy atom. The van der Waals surface area contributed by atoms with E-state index in [9.17, 15) is 27.7 Å². The Morgan fingerprint density at radius 3 is 2.39 bits per heavy atom. The predicted octanol–water partition coefficient (Wildman–Crippen LogP) is 2.74. The minimum atomic E-state index is -3.58. The molecule has 0 aromatic heterocycles. The van der Waals surface area contributed by atoms with Gasteiger partial charge in [0.25, 0.3) is 5.69 Å². The summed E-state index contributed by atoms with van der Waals surface area (Å²) in [7, 11) is -2.21. The highest BCUT2D eigenvalue weighted by molar-refractivity contribution is 7.90. The van der Waals surface area contributed by atoms with Crippen LogP contribution in [0, 0.1) is 15.9 Å². The second-order valence-corrected chi connectivity index (χ2v) is 9.73. The van der Waals surface area contributed by atoms with Gasteiger partial charge in [0.15, 0.2) is 21.4 Å². The number of carbonyl (C=O) groups is 1. The van der Waals surface area contributed by atoms with E-state index in [1.807, 2.05) is 0 Å². The molecule has 0 spiro atoms. The number of nitro benzene ring substituents is 1. The molecule has 1 heterocycles. The van der Waals surface area contributed by atoms with Gasteiger partial charge in [-0.25, -0.2) is 17.6 Å². The zero-order valence-corrected chi connectivity index (χ0v) is 19.3. The number of methoxy groups -OCH3 is 1. The summed E-state index contributed by atoms with van der Waals surface area (Å²) < 4.78 is 42.3. The number of sulfone groups is 1. The van der Waals surface area contributed by atoms with Crippen molar-refractivity contribution in [2.45, 2.75) is 17.9 Å². The third-order valence-corrected chi connectivity index (χ3v) is 6.61. The summed E-state index contributed by atoms with van der Waals surface area (Å²) in [5, 5.41) is 14.3. The van der Waals surface area contributed by atoms with Gasteiger partial charge in [-0.1, -0.05) is 6.07 Å². The van der Waals surface area contributed by atoms with Crippen LogP contribution >= 0.6 is 0 Å². The number of ether oxygens (including phenoxy) is 1. The molecule has 2 aromatic carbocycles. The highest BCUT2D eigenvalue weighted by Gasteiger charge is 2.27. The van der Waals surface area contributed by atoms with Gasteiger partial charge in [-0.2, -0.15) is 0 Å². The number of anilines is 1. The first kappa shape index (κ1) is 24.2. The van der Waals surface area contributed by atoms with Crippen LogP contribution in [0.15, 0.2) is 41.3 Å². The number of benzene rings is 2. The lowest BCUT2D eigenvalue weighted by molar-refractivity contribution is -0.384. The van der Waals surface area contributed by atoms with Gasteiger partial charge in [-0.05, 0) is 36.8 Å². The second kappa shape index (κ2) is 9.61. The Balaban J connectivity index is 1.65. The van der Waals surface area contributed by atoms with Crippen molar-refractivity contribution < 1.29 is 27.3 Å². The van der Waals surface area contributed by atoms with E-state index < -0.39 is 26.6 Å². The van der Waals surface area contributed by atoms with E-state index in [1.54, 1.807) is 22.8 Å². The van der Waals surface area contributed by atoms with Gasteiger partial charge in [-0.15, -0.1) is 0 Å². The lowest BCUT2D eigenvalue weighted by atomic mass is 10.1. The molecule has 178 valence electrons. The van der Waals surface area contributed by atoms with Crippen molar-refractivity contribution in [3.05, 3.63) is 57.9 Å². The van der Waals surface area contributed by atoms with E-state index in [2.05, 4.69) is 5.32 Å². The topological polar surface area (TPSA) is 122 Å². The molecule has 1 atom stereocenters. The number of nitrogens with zero attached hydrogens (tertiary/aromatic N) is 3. The Labute approximate surface area is 191 Å². The number of nitro groups is 1. The number of piperazine rings is 1. The van der Waals surface area contributed by atoms with E-state index in [0.717, 1.165) is 12.3 Å². The number of amides is 2. The van der Waals surface area contributed by atoms with Crippen molar-refractivity contribution in [1.82, 2.24) is 10.2 Å². The Hall–Kier alpha value is -3.41. The fourth-order valence-electron chi connectivity index (χ4n) is 3.61. The van der Waals surface area contributed by atoms with Crippen molar-refractivity contribution in [2.75, 3.05) is 44.4 Å².